The number of hydrogen-bond donors (Lipinski definition) is 3. The van der Waals surface area contributed by atoms with Crippen molar-refractivity contribution in [1.29, 1.82) is 0 Å². The number of carbonyl (C=O) groups excluding carboxylic acids is 2. The molecule has 9 nitrogen and oxygen atoms in total. The fraction of sp³-hybridized carbons (Fsp3) is 0.0500. The summed E-state index contributed by atoms with van der Waals surface area (Å²) in [5.74, 6) is 4.83. The molecule has 0 saturated heterocycles. The Balaban J connectivity index is 1.89. The number of aromatic nitrogens is 3. The molecular weight excluding hydrogens is 421 g/mol. The number of para-hydroxylation sites is 1. The van der Waals surface area contributed by atoms with E-state index in [0.717, 1.165) is 16.3 Å². The van der Waals surface area contributed by atoms with Crippen LogP contribution in [0.2, 0.25) is 0 Å². The highest BCUT2D eigenvalue weighted by atomic mass is 32.1. The van der Waals surface area contributed by atoms with E-state index in [1.807, 2.05) is 0 Å². The number of hydrazine groups is 1. The van der Waals surface area contributed by atoms with Crippen LogP contribution in [0.4, 0.5) is 15.3 Å². The lowest BCUT2D eigenvalue weighted by atomic mass is 9.99. The summed E-state index contributed by atoms with van der Waals surface area (Å²) in [6.07, 6.45) is 1.21. The van der Waals surface area contributed by atoms with Crippen molar-refractivity contribution in [2.75, 3.05) is 10.7 Å². The number of benzene rings is 2. The van der Waals surface area contributed by atoms with Crippen LogP contribution in [-0.2, 0) is 0 Å². The minimum Gasteiger partial charge on any atom is -0.375 e. The molecule has 2 aromatic heterocycles. The number of thiazole rings is 1. The number of halogens is 1. The predicted molar refractivity (Wildman–Crippen MR) is 115 cm³/mol. The first-order chi connectivity index (χ1) is 14.9. The van der Waals surface area contributed by atoms with E-state index in [2.05, 4.69) is 15.0 Å². The number of carbonyl (C=O) groups is 2. The molecule has 0 saturated carbocycles. The third kappa shape index (κ3) is 3.79. The molecule has 1 amide bonds. The number of anilines is 2. The molecule has 31 heavy (non-hydrogen) atoms. The van der Waals surface area contributed by atoms with E-state index < -0.39 is 23.5 Å². The molecule has 1 atom stereocenters. The van der Waals surface area contributed by atoms with Gasteiger partial charge in [0.1, 0.15) is 23.9 Å². The molecule has 0 radical (unpaired) electrons. The number of amides is 1. The molecule has 1 unspecified atom stereocenters. The van der Waals surface area contributed by atoms with Gasteiger partial charge in [-0.3, -0.25) is 14.6 Å². The van der Waals surface area contributed by atoms with Crippen LogP contribution in [0, 0.1) is 5.82 Å². The van der Waals surface area contributed by atoms with Gasteiger partial charge in [-0.15, -0.1) is 11.3 Å². The highest BCUT2D eigenvalue weighted by molar-refractivity contribution is 7.13. The summed E-state index contributed by atoms with van der Waals surface area (Å²) in [4.78, 5) is 37.5. The highest BCUT2D eigenvalue weighted by Crippen LogP contribution is 2.32. The fourth-order valence-electron chi connectivity index (χ4n) is 3.26. The summed E-state index contributed by atoms with van der Waals surface area (Å²) in [6.45, 7) is 0. The van der Waals surface area contributed by atoms with Crippen molar-refractivity contribution in [2.24, 2.45) is 11.6 Å². The molecule has 6 N–H and O–H groups in total. The number of nitrogens with zero attached hydrogens (tertiary/aromatic N) is 4. The number of hydrogen-bond acceptors (Lipinski definition) is 9. The molecule has 4 rings (SSSR count). The molecular formula is C20H16FN7O2S. The molecule has 0 spiro atoms. The van der Waals surface area contributed by atoms with Gasteiger partial charge in [-0.1, -0.05) is 18.2 Å². The Bertz CT molecular complexity index is 1310. The summed E-state index contributed by atoms with van der Waals surface area (Å²) in [6, 6.07) is 9.09. The van der Waals surface area contributed by atoms with Crippen LogP contribution in [0.1, 0.15) is 32.5 Å². The second-order valence-electron chi connectivity index (χ2n) is 6.56. The van der Waals surface area contributed by atoms with E-state index in [0.29, 0.717) is 5.39 Å². The van der Waals surface area contributed by atoms with Crippen molar-refractivity contribution in [2.45, 2.75) is 6.04 Å². The normalized spacial score (nSPS) is 11.9. The first-order valence-electron chi connectivity index (χ1n) is 8.95. The number of ketones is 1. The van der Waals surface area contributed by atoms with Gasteiger partial charge in [-0.25, -0.2) is 25.2 Å². The number of nitrogen functional groups attached to an aromatic ring is 1. The minimum absolute atomic E-state index is 0.0865. The smallest absolute Gasteiger partial charge is 0.250 e. The van der Waals surface area contributed by atoms with Gasteiger partial charge in [0.05, 0.1) is 11.1 Å². The topological polar surface area (TPSA) is 154 Å². The maximum absolute atomic E-state index is 14.0. The van der Waals surface area contributed by atoms with E-state index in [1.54, 1.807) is 18.2 Å². The number of fused-ring (bicyclic) bond motifs is 1. The van der Waals surface area contributed by atoms with Crippen molar-refractivity contribution in [1.82, 2.24) is 15.0 Å². The van der Waals surface area contributed by atoms with Gasteiger partial charge in [0.25, 0.3) is 5.91 Å². The molecule has 2 aromatic carbocycles. The molecule has 0 fully saturated rings. The van der Waals surface area contributed by atoms with Crippen LogP contribution < -0.4 is 22.3 Å². The van der Waals surface area contributed by atoms with Gasteiger partial charge in [0, 0.05) is 10.8 Å². The SMILES string of the molecule is NC(=O)c1cccc2c(N(N)C(C(=O)c3csc(N)n3)c3cccc(F)c3)ncnc12. The summed E-state index contributed by atoms with van der Waals surface area (Å²) in [7, 11) is 0. The van der Waals surface area contributed by atoms with E-state index in [1.165, 1.54) is 36.0 Å². The van der Waals surface area contributed by atoms with Crippen molar-refractivity contribution in [3.8, 4) is 0 Å². The molecule has 0 aliphatic carbocycles. The Morgan fingerprint density at radius 2 is 1.90 bits per heavy atom. The van der Waals surface area contributed by atoms with E-state index in [-0.39, 0.29) is 33.3 Å². The first kappa shape index (κ1) is 20.3. The van der Waals surface area contributed by atoms with Gasteiger partial charge >= 0.3 is 0 Å². The maximum atomic E-state index is 14.0. The third-order valence-corrected chi connectivity index (χ3v) is 5.29. The number of primary amides is 1. The molecule has 0 aliphatic rings. The predicted octanol–water partition coefficient (Wildman–Crippen LogP) is 2.21. The quantitative estimate of drug-likeness (QED) is 0.236. The van der Waals surface area contributed by atoms with E-state index in [4.69, 9.17) is 17.3 Å². The Hall–Kier alpha value is -3.96. The Kier molecular flexibility index (Phi) is 5.28. The van der Waals surface area contributed by atoms with Gasteiger partial charge < -0.3 is 11.5 Å². The lowest BCUT2D eigenvalue weighted by Crippen LogP contribution is -2.40. The van der Waals surface area contributed by atoms with Crippen molar-refractivity contribution >= 4 is 44.9 Å². The Labute approximate surface area is 179 Å². The van der Waals surface area contributed by atoms with Crippen LogP contribution in [0.5, 0.6) is 0 Å². The molecule has 0 aliphatic heterocycles. The van der Waals surface area contributed by atoms with Crippen LogP contribution in [0.15, 0.2) is 54.2 Å². The summed E-state index contributed by atoms with van der Waals surface area (Å²) < 4.78 is 14.0. The number of rotatable bonds is 6. The maximum Gasteiger partial charge on any atom is 0.250 e. The number of Topliss-reactive ketones (excluding diaryl/α,β-unsaturated/α-hetero) is 1. The second-order valence-corrected chi connectivity index (χ2v) is 7.45. The molecule has 0 bridgehead atoms. The van der Waals surface area contributed by atoms with Crippen LogP contribution in [-0.4, -0.2) is 26.6 Å². The van der Waals surface area contributed by atoms with Crippen LogP contribution in [0.3, 0.4) is 0 Å². The van der Waals surface area contributed by atoms with Gasteiger partial charge in [-0.2, -0.15) is 0 Å². The minimum atomic E-state index is -1.17. The zero-order valence-corrected chi connectivity index (χ0v) is 16.7. The lowest BCUT2D eigenvalue weighted by Gasteiger charge is -2.28. The standard InChI is InChI=1S/C20H16FN7O2S/c21-11-4-1-3-10(7-11)16(17(29)14-8-31-20(23)27-14)28(24)19-13-6-2-5-12(18(22)30)15(13)25-9-26-19/h1-9,16H,24H2,(H2,22,30)(H2,23,27). The second kappa shape index (κ2) is 8.05. The largest absolute Gasteiger partial charge is 0.375 e. The van der Waals surface area contributed by atoms with Crippen LogP contribution >= 0.6 is 11.3 Å². The molecule has 156 valence electrons. The van der Waals surface area contributed by atoms with Gasteiger partial charge in [0.2, 0.25) is 5.78 Å². The lowest BCUT2D eigenvalue weighted by molar-refractivity contribution is 0.0951. The Morgan fingerprint density at radius 1 is 1.13 bits per heavy atom. The Morgan fingerprint density at radius 3 is 2.58 bits per heavy atom. The average molecular weight is 437 g/mol. The summed E-state index contributed by atoms with van der Waals surface area (Å²) in [5.41, 5.74) is 11.9. The average Bonchev–Trinajstić information content (AvgIpc) is 3.19. The summed E-state index contributed by atoms with van der Waals surface area (Å²) >= 11 is 1.10. The summed E-state index contributed by atoms with van der Waals surface area (Å²) in [5, 5.41) is 3.21. The zero-order valence-electron chi connectivity index (χ0n) is 15.9. The monoisotopic (exact) mass is 437 g/mol. The fourth-order valence-corrected chi connectivity index (χ4v) is 3.81. The van der Waals surface area contributed by atoms with Crippen molar-refractivity contribution < 1.29 is 14.0 Å². The molecule has 2 heterocycles. The van der Waals surface area contributed by atoms with Crippen molar-refractivity contribution in [3.63, 3.8) is 0 Å². The molecule has 11 heteroatoms. The van der Waals surface area contributed by atoms with E-state index >= 15 is 0 Å². The van der Waals surface area contributed by atoms with Crippen molar-refractivity contribution in [3.05, 3.63) is 76.8 Å². The van der Waals surface area contributed by atoms with Gasteiger partial charge in [-0.05, 0) is 29.8 Å². The zero-order chi connectivity index (χ0) is 22.1. The third-order valence-electron chi connectivity index (χ3n) is 4.62. The number of nitrogens with two attached hydrogens (primary N) is 3. The van der Waals surface area contributed by atoms with Gasteiger partial charge in [0.15, 0.2) is 10.9 Å². The van der Waals surface area contributed by atoms with Crippen LogP contribution in [0.25, 0.3) is 10.9 Å². The highest BCUT2D eigenvalue weighted by Gasteiger charge is 2.31. The van der Waals surface area contributed by atoms with E-state index in [9.17, 15) is 14.0 Å². The molecule has 4 aromatic rings. The first-order valence-corrected chi connectivity index (χ1v) is 9.83.